The first-order valence-corrected chi connectivity index (χ1v) is 12.1. The molecule has 0 aliphatic carbocycles. The molecule has 0 aliphatic heterocycles. The van der Waals surface area contributed by atoms with E-state index in [0.29, 0.717) is 23.2 Å². The third kappa shape index (κ3) is 5.61. The third-order valence-electron chi connectivity index (χ3n) is 5.71. The van der Waals surface area contributed by atoms with Crippen LogP contribution in [0.5, 0.6) is 0 Å². The predicted molar refractivity (Wildman–Crippen MR) is 136 cm³/mol. The number of rotatable bonds is 9. The van der Waals surface area contributed by atoms with Crippen molar-refractivity contribution < 1.29 is 24.3 Å². The second-order valence-corrected chi connectivity index (χ2v) is 8.93. The number of thiophene rings is 1. The largest absolute Gasteiger partial charge is 0.480 e. The van der Waals surface area contributed by atoms with Crippen LogP contribution in [0.1, 0.15) is 42.2 Å². The number of aryl methyl sites for hydroxylation is 1. The maximum atomic E-state index is 12.8. The molecule has 1 atom stereocenters. The van der Waals surface area contributed by atoms with Crippen LogP contribution in [0.25, 0.3) is 10.9 Å². The predicted octanol–water partition coefficient (Wildman–Crippen LogP) is 3.08. The van der Waals surface area contributed by atoms with Gasteiger partial charge in [0, 0.05) is 52.3 Å². The second-order valence-electron chi connectivity index (χ2n) is 8.15. The normalized spacial score (nSPS) is 11.6. The maximum absolute atomic E-state index is 12.8. The Balaban J connectivity index is 1.37. The van der Waals surface area contributed by atoms with E-state index in [-0.39, 0.29) is 18.0 Å². The summed E-state index contributed by atoms with van der Waals surface area (Å²) in [6.45, 7) is 1.73. The Morgan fingerprint density at radius 3 is 2.50 bits per heavy atom. The van der Waals surface area contributed by atoms with Crippen LogP contribution < -0.4 is 16.0 Å². The lowest BCUT2D eigenvalue weighted by molar-refractivity contribution is -0.139. The molecule has 2 aromatic carbocycles. The summed E-state index contributed by atoms with van der Waals surface area (Å²) in [5, 5.41) is 21.7. The number of carboxylic acids is 1. The minimum atomic E-state index is -1.32. The Morgan fingerprint density at radius 2 is 1.78 bits per heavy atom. The second kappa shape index (κ2) is 10.9. The van der Waals surface area contributed by atoms with Crippen LogP contribution >= 0.6 is 11.3 Å². The van der Waals surface area contributed by atoms with Gasteiger partial charge < -0.3 is 26.0 Å². The van der Waals surface area contributed by atoms with E-state index in [9.17, 15) is 24.3 Å². The Labute approximate surface area is 210 Å². The summed E-state index contributed by atoms with van der Waals surface area (Å²) in [4.78, 5) is 52.3. The lowest BCUT2D eigenvalue weighted by Gasteiger charge is -2.16. The number of aliphatic carboxylic acids is 1. The first-order valence-electron chi connectivity index (χ1n) is 11.1. The van der Waals surface area contributed by atoms with E-state index in [4.69, 9.17) is 0 Å². The maximum Gasteiger partial charge on any atom is 0.328 e. The molecule has 36 heavy (non-hydrogen) atoms. The molecule has 4 aromatic rings. The standard InChI is InChI=1S/C26H24N4O5S/c1-15-11-16(23(31)28-12-17-3-2-4-21-20(17)7-9-27-21)5-6-19(15)25(33)30-22(26(34)35)13-29-24(32)18-8-10-36-14-18/h2-11,14,22,27H,12-13H2,1H3,(H,28,31)(H,29,32)(H,30,33)(H,34,35). The molecular weight excluding hydrogens is 480 g/mol. The van der Waals surface area contributed by atoms with Crippen LogP contribution in [0.4, 0.5) is 0 Å². The fourth-order valence-electron chi connectivity index (χ4n) is 3.77. The summed E-state index contributed by atoms with van der Waals surface area (Å²) < 4.78 is 0. The molecule has 1 unspecified atom stereocenters. The fraction of sp³-hybridized carbons (Fsp3) is 0.154. The van der Waals surface area contributed by atoms with Gasteiger partial charge in [-0.3, -0.25) is 14.4 Å². The molecule has 0 radical (unpaired) electrons. The molecule has 184 valence electrons. The van der Waals surface area contributed by atoms with Crippen molar-refractivity contribution in [1.29, 1.82) is 0 Å². The van der Waals surface area contributed by atoms with Crippen LogP contribution in [0.3, 0.4) is 0 Å². The number of carbonyl (C=O) groups is 4. The Kier molecular flexibility index (Phi) is 7.45. The highest BCUT2D eigenvalue weighted by Gasteiger charge is 2.23. The zero-order valence-electron chi connectivity index (χ0n) is 19.3. The molecular formula is C26H24N4O5S. The number of benzene rings is 2. The van der Waals surface area contributed by atoms with E-state index in [1.54, 1.807) is 29.8 Å². The fourth-order valence-corrected chi connectivity index (χ4v) is 4.40. The van der Waals surface area contributed by atoms with Gasteiger partial charge in [0.25, 0.3) is 17.7 Å². The van der Waals surface area contributed by atoms with E-state index < -0.39 is 23.8 Å². The molecule has 0 saturated carbocycles. The highest BCUT2D eigenvalue weighted by atomic mass is 32.1. The first-order chi connectivity index (χ1) is 17.3. The quantitative estimate of drug-likeness (QED) is 0.238. The number of nitrogens with one attached hydrogen (secondary N) is 4. The Morgan fingerprint density at radius 1 is 0.972 bits per heavy atom. The smallest absolute Gasteiger partial charge is 0.328 e. The summed E-state index contributed by atoms with van der Waals surface area (Å²) in [7, 11) is 0. The van der Waals surface area contributed by atoms with E-state index in [1.807, 2.05) is 30.5 Å². The van der Waals surface area contributed by atoms with Gasteiger partial charge in [0.2, 0.25) is 0 Å². The van der Waals surface area contributed by atoms with E-state index >= 15 is 0 Å². The molecule has 9 nitrogen and oxygen atoms in total. The Hall–Kier alpha value is -4.44. The zero-order valence-corrected chi connectivity index (χ0v) is 20.1. The molecule has 0 spiro atoms. The highest BCUT2D eigenvalue weighted by molar-refractivity contribution is 7.08. The number of hydrogen-bond donors (Lipinski definition) is 5. The van der Waals surface area contributed by atoms with Gasteiger partial charge in [0.15, 0.2) is 0 Å². The highest BCUT2D eigenvalue weighted by Crippen LogP contribution is 2.18. The number of amides is 3. The summed E-state index contributed by atoms with van der Waals surface area (Å²) in [5.74, 6) is -2.61. The summed E-state index contributed by atoms with van der Waals surface area (Å²) >= 11 is 1.35. The average molecular weight is 505 g/mol. The number of fused-ring (bicyclic) bond motifs is 1. The Bertz CT molecular complexity index is 1430. The third-order valence-corrected chi connectivity index (χ3v) is 6.39. The molecule has 2 heterocycles. The summed E-state index contributed by atoms with van der Waals surface area (Å²) in [6, 6.07) is 12.6. The number of aromatic nitrogens is 1. The van der Waals surface area contributed by atoms with Crippen LogP contribution in [0, 0.1) is 6.92 Å². The van der Waals surface area contributed by atoms with Gasteiger partial charge >= 0.3 is 5.97 Å². The lowest BCUT2D eigenvalue weighted by Crippen LogP contribution is -2.48. The summed E-state index contributed by atoms with van der Waals surface area (Å²) in [6.07, 6.45) is 1.84. The van der Waals surface area contributed by atoms with Crippen molar-refractivity contribution in [3.8, 4) is 0 Å². The van der Waals surface area contributed by atoms with Crippen molar-refractivity contribution in [2.24, 2.45) is 0 Å². The van der Waals surface area contributed by atoms with Crippen LogP contribution in [-0.4, -0.2) is 46.4 Å². The topological polar surface area (TPSA) is 140 Å². The molecule has 4 rings (SSSR count). The first kappa shape index (κ1) is 24.7. The monoisotopic (exact) mass is 504 g/mol. The number of H-pyrrole nitrogens is 1. The molecule has 10 heteroatoms. The van der Waals surface area contributed by atoms with Crippen molar-refractivity contribution in [2.45, 2.75) is 19.5 Å². The van der Waals surface area contributed by atoms with Gasteiger partial charge in [-0.05, 0) is 59.8 Å². The molecule has 0 aliphatic rings. The van der Waals surface area contributed by atoms with Crippen molar-refractivity contribution >= 4 is 45.9 Å². The summed E-state index contributed by atoms with van der Waals surface area (Å²) in [5.41, 5.74) is 3.51. The lowest BCUT2D eigenvalue weighted by atomic mass is 10.0. The average Bonchev–Trinajstić information content (AvgIpc) is 3.57. The van der Waals surface area contributed by atoms with Crippen LogP contribution in [0.15, 0.2) is 65.5 Å². The van der Waals surface area contributed by atoms with E-state index in [1.165, 1.54) is 23.5 Å². The van der Waals surface area contributed by atoms with Gasteiger partial charge in [-0.2, -0.15) is 11.3 Å². The minimum Gasteiger partial charge on any atom is -0.480 e. The molecule has 0 fully saturated rings. The number of aromatic amines is 1. The molecule has 0 saturated heterocycles. The molecule has 0 bridgehead atoms. The molecule has 2 aromatic heterocycles. The number of hydrogen-bond acceptors (Lipinski definition) is 5. The number of carboxylic acid groups (broad SMARTS) is 1. The molecule has 3 amide bonds. The van der Waals surface area contributed by atoms with Crippen molar-refractivity contribution in [2.75, 3.05) is 6.54 Å². The van der Waals surface area contributed by atoms with Gasteiger partial charge in [0.05, 0.1) is 0 Å². The van der Waals surface area contributed by atoms with E-state index in [0.717, 1.165) is 16.5 Å². The minimum absolute atomic E-state index is 0.235. The van der Waals surface area contributed by atoms with Crippen molar-refractivity contribution in [3.63, 3.8) is 0 Å². The van der Waals surface area contributed by atoms with Gasteiger partial charge in [-0.25, -0.2) is 4.79 Å². The van der Waals surface area contributed by atoms with E-state index in [2.05, 4.69) is 20.9 Å². The zero-order chi connectivity index (χ0) is 25.7. The number of carbonyl (C=O) groups excluding carboxylic acids is 3. The van der Waals surface area contributed by atoms with Gasteiger partial charge in [0.1, 0.15) is 6.04 Å². The van der Waals surface area contributed by atoms with Crippen LogP contribution in [-0.2, 0) is 11.3 Å². The van der Waals surface area contributed by atoms with Gasteiger partial charge in [-0.1, -0.05) is 12.1 Å². The molecule has 5 N–H and O–H groups in total. The van der Waals surface area contributed by atoms with Crippen molar-refractivity contribution in [3.05, 3.63) is 93.3 Å². The van der Waals surface area contributed by atoms with Gasteiger partial charge in [-0.15, -0.1) is 0 Å². The SMILES string of the molecule is Cc1cc(C(=O)NCc2cccc3[nH]ccc23)ccc1C(=O)NC(CNC(=O)c1ccsc1)C(=O)O. The van der Waals surface area contributed by atoms with Crippen molar-refractivity contribution in [1.82, 2.24) is 20.9 Å². The van der Waals surface area contributed by atoms with Crippen LogP contribution in [0.2, 0.25) is 0 Å².